The fraction of sp³-hybridized carbons (Fsp3) is 0. The van der Waals surface area contributed by atoms with Crippen LogP contribution in [-0.4, -0.2) is 6.41 Å². The molecule has 0 spiro atoms. The van der Waals surface area contributed by atoms with Crippen LogP contribution in [0, 0.1) is 0 Å². The lowest BCUT2D eigenvalue weighted by atomic mass is 10.3. The zero-order valence-electron chi connectivity index (χ0n) is 8.89. The Balaban J connectivity index is 2.11. The second kappa shape index (κ2) is 5.89. The van der Waals surface area contributed by atoms with Gasteiger partial charge in [-0.25, -0.2) is 0 Å². The number of nitrogens with one attached hydrogen (secondary N) is 1. The highest BCUT2D eigenvalue weighted by Crippen LogP contribution is 2.29. The molecule has 1 amide bonds. The Bertz CT molecular complexity index is 513. The molecular weight excluding hydrogens is 298 g/mol. The summed E-state index contributed by atoms with van der Waals surface area (Å²) in [7, 11) is 0. The van der Waals surface area contributed by atoms with Crippen molar-refractivity contribution in [1.29, 1.82) is 0 Å². The molecule has 86 valence electrons. The SMILES string of the molecule is O=CNc1ccc(Sc2cccc(Br)c2)cc1. The molecule has 4 heteroatoms. The Hall–Kier alpha value is -1.26. The van der Waals surface area contributed by atoms with Crippen molar-refractivity contribution in [3.05, 3.63) is 53.0 Å². The van der Waals surface area contributed by atoms with E-state index in [9.17, 15) is 4.79 Å². The molecule has 2 aromatic carbocycles. The van der Waals surface area contributed by atoms with Crippen molar-refractivity contribution in [1.82, 2.24) is 0 Å². The molecule has 2 rings (SSSR count). The van der Waals surface area contributed by atoms with Crippen molar-refractivity contribution in [2.24, 2.45) is 0 Å². The van der Waals surface area contributed by atoms with E-state index < -0.39 is 0 Å². The van der Waals surface area contributed by atoms with Gasteiger partial charge in [0.05, 0.1) is 0 Å². The zero-order valence-corrected chi connectivity index (χ0v) is 11.3. The van der Waals surface area contributed by atoms with Gasteiger partial charge in [-0.3, -0.25) is 4.79 Å². The Morgan fingerprint density at radius 2 is 1.82 bits per heavy atom. The van der Waals surface area contributed by atoms with Crippen molar-refractivity contribution in [3.63, 3.8) is 0 Å². The maximum absolute atomic E-state index is 10.3. The van der Waals surface area contributed by atoms with E-state index in [1.54, 1.807) is 11.8 Å². The minimum atomic E-state index is 0.677. The first kappa shape index (κ1) is 12.2. The quantitative estimate of drug-likeness (QED) is 0.859. The van der Waals surface area contributed by atoms with Crippen molar-refractivity contribution >= 4 is 39.8 Å². The largest absolute Gasteiger partial charge is 0.329 e. The smallest absolute Gasteiger partial charge is 0.211 e. The van der Waals surface area contributed by atoms with E-state index in [-0.39, 0.29) is 0 Å². The topological polar surface area (TPSA) is 29.1 Å². The van der Waals surface area contributed by atoms with Gasteiger partial charge in [0, 0.05) is 20.0 Å². The van der Waals surface area contributed by atoms with Crippen LogP contribution >= 0.6 is 27.7 Å². The number of rotatable bonds is 4. The third-order valence-electron chi connectivity index (χ3n) is 2.11. The Morgan fingerprint density at radius 3 is 2.47 bits per heavy atom. The van der Waals surface area contributed by atoms with Gasteiger partial charge in [0.25, 0.3) is 0 Å². The lowest BCUT2D eigenvalue weighted by Crippen LogP contribution is -1.92. The van der Waals surface area contributed by atoms with Gasteiger partial charge < -0.3 is 5.32 Å². The van der Waals surface area contributed by atoms with Crippen LogP contribution in [0.2, 0.25) is 0 Å². The highest BCUT2D eigenvalue weighted by molar-refractivity contribution is 9.10. The number of carbonyl (C=O) groups excluding carboxylic acids is 1. The summed E-state index contributed by atoms with van der Waals surface area (Å²) < 4.78 is 1.07. The second-order valence-corrected chi connectivity index (χ2v) is 5.41. The average Bonchev–Trinajstić information content (AvgIpc) is 2.32. The average molecular weight is 308 g/mol. The standard InChI is InChI=1S/C13H10BrNOS/c14-10-2-1-3-13(8-10)17-12-6-4-11(5-7-12)15-9-16/h1-9H,(H,15,16). The maximum Gasteiger partial charge on any atom is 0.211 e. The van der Waals surface area contributed by atoms with E-state index in [1.165, 1.54) is 4.90 Å². The zero-order chi connectivity index (χ0) is 12.1. The van der Waals surface area contributed by atoms with Crippen LogP contribution in [0.3, 0.4) is 0 Å². The van der Waals surface area contributed by atoms with Crippen molar-refractivity contribution in [2.45, 2.75) is 9.79 Å². The van der Waals surface area contributed by atoms with E-state index in [0.29, 0.717) is 6.41 Å². The van der Waals surface area contributed by atoms with Crippen molar-refractivity contribution in [3.8, 4) is 0 Å². The molecule has 0 fully saturated rings. The molecule has 1 N–H and O–H groups in total. The van der Waals surface area contributed by atoms with E-state index in [2.05, 4.69) is 33.4 Å². The summed E-state index contributed by atoms with van der Waals surface area (Å²) in [5.41, 5.74) is 0.804. The van der Waals surface area contributed by atoms with Crippen LogP contribution < -0.4 is 5.32 Å². The van der Waals surface area contributed by atoms with E-state index in [0.717, 1.165) is 15.1 Å². The van der Waals surface area contributed by atoms with Crippen LogP contribution in [0.5, 0.6) is 0 Å². The second-order valence-electron chi connectivity index (χ2n) is 3.35. The minimum absolute atomic E-state index is 0.677. The molecule has 0 unspecified atom stereocenters. The third-order valence-corrected chi connectivity index (χ3v) is 3.60. The third kappa shape index (κ3) is 3.61. The molecule has 0 radical (unpaired) electrons. The molecule has 0 aliphatic carbocycles. The first-order valence-corrected chi connectivity index (χ1v) is 6.62. The minimum Gasteiger partial charge on any atom is -0.329 e. The molecule has 0 atom stereocenters. The van der Waals surface area contributed by atoms with E-state index in [4.69, 9.17) is 0 Å². The van der Waals surface area contributed by atoms with Gasteiger partial charge in [0.1, 0.15) is 0 Å². The molecular formula is C13H10BrNOS. The normalized spacial score (nSPS) is 9.94. The van der Waals surface area contributed by atoms with Crippen LogP contribution in [0.1, 0.15) is 0 Å². The summed E-state index contributed by atoms with van der Waals surface area (Å²) in [4.78, 5) is 12.6. The summed E-state index contributed by atoms with van der Waals surface area (Å²) in [5, 5.41) is 2.61. The lowest BCUT2D eigenvalue weighted by molar-refractivity contribution is -0.105. The Morgan fingerprint density at radius 1 is 1.06 bits per heavy atom. The van der Waals surface area contributed by atoms with Crippen LogP contribution in [0.25, 0.3) is 0 Å². The number of hydrogen-bond donors (Lipinski definition) is 1. The fourth-order valence-electron chi connectivity index (χ4n) is 1.35. The number of benzene rings is 2. The highest BCUT2D eigenvalue weighted by Gasteiger charge is 1.98. The highest BCUT2D eigenvalue weighted by atomic mass is 79.9. The summed E-state index contributed by atoms with van der Waals surface area (Å²) in [6, 6.07) is 15.9. The molecule has 0 aromatic heterocycles. The van der Waals surface area contributed by atoms with Gasteiger partial charge in [-0.1, -0.05) is 33.8 Å². The first-order valence-electron chi connectivity index (χ1n) is 5.01. The number of hydrogen-bond acceptors (Lipinski definition) is 2. The number of carbonyl (C=O) groups is 1. The molecule has 0 aliphatic rings. The number of halogens is 1. The van der Waals surface area contributed by atoms with Crippen LogP contribution in [-0.2, 0) is 4.79 Å². The molecule has 2 nitrogen and oxygen atoms in total. The van der Waals surface area contributed by atoms with E-state index >= 15 is 0 Å². The predicted octanol–water partition coefficient (Wildman–Crippen LogP) is 4.17. The van der Waals surface area contributed by atoms with Crippen LogP contribution in [0.15, 0.2) is 62.8 Å². The monoisotopic (exact) mass is 307 g/mol. The van der Waals surface area contributed by atoms with E-state index in [1.807, 2.05) is 36.4 Å². The summed E-state index contributed by atoms with van der Waals surface area (Å²) in [6.45, 7) is 0. The summed E-state index contributed by atoms with van der Waals surface area (Å²) in [6.07, 6.45) is 0.677. The Labute approximate surface area is 113 Å². The molecule has 0 saturated carbocycles. The van der Waals surface area contributed by atoms with Gasteiger partial charge in [-0.15, -0.1) is 0 Å². The van der Waals surface area contributed by atoms with Crippen molar-refractivity contribution in [2.75, 3.05) is 5.32 Å². The number of anilines is 1. The van der Waals surface area contributed by atoms with Gasteiger partial charge in [-0.05, 0) is 42.5 Å². The van der Waals surface area contributed by atoms with Gasteiger partial charge in [-0.2, -0.15) is 0 Å². The molecule has 0 bridgehead atoms. The number of amides is 1. The molecule has 0 heterocycles. The molecule has 2 aromatic rings. The maximum atomic E-state index is 10.3. The fourth-order valence-corrected chi connectivity index (χ4v) is 2.78. The Kier molecular flexibility index (Phi) is 4.23. The molecule has 17 heavy (non-hydrogen) atoms. The van der Waals surface area contributed by atoms with Gasteiger partial charge in [0.2, 0.25) is 6.41 Å². The summed E-state index contributed by atoms with van der Waals surface area (Å²) >= 11 is 5.13. The van der Waals surface area contributed by atoms with Gasteiger partial charge in [0.15, 0.2) is 0 Å². The van der Waals surface area contributed by atoms with Crippen LogP contribution in [0.4, 0.5) is 5.69 Å². The molecule has 0 aliphatic heterocycles. The van der Waals surface area contributed by atoms with Gasteiger partial charge >= 0.3 is 0 Å². The lowest BCUT2D eigenvalue weighted by Gasteiger charge is -2.03. The summed E-state index contributed by atoms with van der Waals surface area (Å²) in [5.74, 6) is 0. The predicted molar refractivity (Wildman–Crippen MR) is 74.4 cm³/mol. The molecule has 0 saturated heterocycles. The first-order chi connectivity index (χ1) is 8.28. The van der Waals surface area contributed by atoms with Crippen molar-refractivity contribution < 1.29 is 4.79 Å².